The highest BCUT2D eigenvalue weighted by Crippen LogP contribution is 2.31. The fourth-order valence-electron chi connectivity index (χ4n) is 3.55. The number of phenolic OH excluding ortho intramolecular Hbond substituents is 1. The van der Waals surface area contributed by atoms with Gasteiger partial charge < -0.3 is 19.5 Å². The van der Waals surface area contributed by atoms with E-state index in [1.54, 1.807) is 19.1 Å². The number of esters is 1. The zero-order chi connectivity index (χ0) is 19.1. The first-order chi connectivity index (χ1) is 12.5. The van der Waals surface area contributed by atoms with Gasteiger partial charge in [0.1, 0.15) is 0 Å². The number of ether oxygens (including phenoxy) is 2. The number of hydrogen-bond acceptors (Lipinski definition) is 5. The van der Waals surface area contributed by atoms with Crippen LogP contribution in [0.5, 0.6) is 11.5 Å². The van der Waals surface area contributed by atoms with Crippen LogP contribution >= 0.6 is 0 Å². The molecule has 2 atom stereocenters. The highest BCUT2D eigenvalue weighted by atomic mass is 16.5. The molecule has 1 aliphatic heterocycles. The Morgan fingerprint density at radius 2 is 2.08 bits per heavy atom. The second-order valence-corrected chi connectivity index (χ2v) is 6.74. The van der Waals surface area contributed by atoms with E-state index in [4.69, 9.17) is 9.47 Å². The predicted molar refractivity (Wildman–Crippen MR) is 98.1 cm³/mol. The molecule has 6 heteroatoms. The first-order valence-corrected chi connectivity index (χ1v) is 9.27. The summed E-state index contributed by atoms with van der Waals surface area (Å²) < 4.78 is 10.2. The fraction of sp³-hybridized carbons (Fsp3) is 0.600. The molecular weight excluding hydrogens is 334 g/mol. The molecule has 1 N–H and O–H groups in total. The molecule has 1 amide bonds. The van der Waals surface area contributed by atoms with Crippen molar-refractivity contribution < 1.29 is 24.2 Å². The van der Waals surface area contributed by atoms with Crippen LogP contribution in [0.15, 0.2) is 18.2 Å². The van der Waals surface area contributed by atoms with Crippen molar-refractivity contribution in [1.29, 1.82) is 0 Å². The first kappa shape index (κ1) is 20.1. The van der Waals surface area contributed by atoms with E-state index >= 15 is 0 Å². The number of piperidine rings is 1. The van der Waals surface area contributed by atoms with Crippen molar-refractivity contribution >= 4 is 11.9 Å². The van der Waals surface area contributed by atoms with E-state index in [0.717, 1.165) is 12.0 Å². The van der Waals surface area contributed by atoms with Crippen molar-refractivity contribution in [3.63, 3.8) is 0 Å². The molecular formula is C20H29NO5. The van der Waals surface area contributed by atoms with Crippen LogP contribution in [-0.2, 0) is 20.7 Å². The number of benzene rings is 1. The Bertz CT molecular complexity index is 631. The number of aromatic hydroxyl groups is 1. The van der Waals surface area contributed by atoms with Gasteiger partial charge in [0, 0.05) is 25.9 Å². The maximum Gasteiger partial charge on any atom is 0.306 e. The summed E-state index contributed by atoms with van der Waals surface area (Å²) in [5, 5.41) is 9.67. The molecule has 0 aromatic heterocycles. The molecule has 1 aromatic rings. The van der Waals surface area contributed by atoms with Gasteiger partial charge in [-0.2, -0.15) is 0 Å². The zero-order valence-electron chi connectivity index (χ0n) is 15.9. The summed E-state index contributed by atoms with van der Waals surface area (Å²) in [4.78, 5) is 26.2. The Kier molecular flexibility index (Phi) is 7.30. The summed E-state index contributed by atoms with van der Waals surface area (Å²) in [7, 11) is 1.52. The van der Waals surface area contributed by atoms with E-state index in [9.17, 15) is 14.7 Å². The molecule has 1 fully saturated rings. The zero-order valence-corrected chi connectivity index (χ0v) is 15.9. The van der Waals surface area contributed by atoms with E-state index in [1.165, 1.54) is 7.11 Å². The van der Waals surface area contributed by atoms with E-state index in [2.05, 4.69) is 6.92 Å². The number of carbonyl (C=O) groups excluding carboxylic acids is 2. The molecule has 1 saturated heterocycles. The van der Waals surface area contributed by atoms with Gasteiger partial charge in [-0.15, -0.1) is 0 Å². The van der Waals surface area contributed by atoms with Crippen LogP contribution in [0.3, 0.4) is 0 Å². The van der Waals surface area contributed by atoms with Crippen LogP contribution < -0.4 is 4.74 Å². The summed E-state index contributed by atoms with van der Waals surface area (Å²) >= 11 is 0. The lowest BCUT2D eigenvalue weighted by Gasteiger charge is -2.37. The molecule has 0 spiro atoms. The molecule has 1 aromatic carbocycles. The highest BCUT2D eigenvalue weighted by Gasteiger charge is 2.34. The summed E-state index contributed by atoms with van der Waals surface area (Å²) in [5.74, 6) is 0.803. The van der Waals surface area contributed by atoms with E-state index in [0.29, 0.717) is 50.6 Å². The lowest BCUT2D eigenvalue weighted by Crippen LogP contribution is -2.45. The van der Waals surface area contributed by atoms with Crippen LogP contribution in [0.1, 0.15) is 38.7 Å². The summed E-state index contributed by atoms with van der Waals surface area (Å²) in [5.41, 5.74) is 1.01. The molecule has 0 saturated carbocycles. The Hall–Kier alpha value is -2.24. The van der Waals surface area contributed by atoms with Gasteiger partial charge in [-0.3, -0.25) is 9.59 Å². The Labute approximate surface area is 155 Å². The maximum absolute atomic E-state index is 12.5. The normalized spacial score (nSPS) is 20.1. The number of rotatable bonds is 8. The molecule has 1 aliphatic rings. The molecule has 144 valence electrons. The average Bonchev–Trinajstić information content (AvgIpc) is 2.62. The van der Waals surface area contributed by atoms with Crippen molar-refractivity contribution in [2.75, 3.05) is 26.8 Å². The molecule has 6 nitrogen and oxygen atoms in total. The standard InChI is InChI=1S/C20H29NO5/c1-4-15-13-21(19(23)11-16(15)12-20(24)26-5-2)9-8-14-6-7-17(22)18(10-14)25-3/h6-7,10,15-16,22H,4-5,8-9,11-13H2,1-3H3/t15-,16+/m0/s1. The van der Waals surface area contributed by atoms with E-state index in [-0.39, 0.29) is 23.5 Å². The topological polar surface area (TPSA) is 76.1 Å². The smallest absolute Gasteiger partial charge is 0.306 e. The second-order valence-electron chi connectivity index (χ2n) is 6.74. The fourth-order valence-corrected chi connectivity index (χ4v) is 3.55. The monoisotopic (exact) mass is 363 g/mol. The molecule has 0 radical (unpaired) electrons. The van der Waals surface area contributed by atoms with Gasteiger partial charge in [0.15, 0.2) is 11.5 Å². The molecule has 0 bridgehead atoms. The highest BCUT2D eigenvalue weighted by molar-refractivity contribution is 5.78. The van der Waals surface area contributed by atoms with Gasteiger partial charge in [-0.25, -0.2) is 0 Å². The number of nitrogens with zero attached hydrogens (tertiary/aromatic N) is 1. The number of hydrogen-bond donors (Lipinski definition) is 1. The van der Waals surface area contributed by atoms with Crippen LogP contribution in [0.2, 0.25) is 0 Å². The van der Waals surface area contributed by atoms with Crippen LogP contribution in [0, 0.1) is 11.8 Å². The SMILES string of the molecule is CCOC(=O)C[C@H]1CC(=O)N(CCc2ccc(O)c(OC)c2)C[C@@H]1CC. The van der Waals surface area contributed by atoms with E-state index in [1.807, 2.05) is 11.0 Å². The summed E-state index contributed by atoms with van der Waals surface area (Å²) in [6, 6.07) is 5.24. The Morgan fingerprint density at radius 3 is 2.73 bits per heavy atom. The number of carbonyl (C=O) groups is 2. The van der Waals surface area contributed by atoms with Gasteiger partial charge in [-0.1, -0.05) is 19.4 Å². The van der Waals surface area contributed by atoms with Crippen LogP contribution in [-0.4, -0.2) is 48.7 Å². The summed E-state index contributed by atoms with van der Waals surface area (Å²) in [6.07, 6.45) is 2.35. The molecule has 0 unspecified atom stereocenters. The first-order valence-electron chi connectivity index (χ1n) is 9.27. The van der Waals surface area contributed by atoms with Gasteiger partial charge in [0.25, 0.3) is 0 Å². The Morgan fingerprint density at radius 1 is 1.31 bits per heavy atom. The molecule has 1 heterocycles. The third-order valence-electron chi connectivity index (χ3n) is 5.08. The van der Waals surface area contributed by atoms with Crippen molar-refractivity contribution in [2.24, 2.45) is 11.8 Å². The van der Waals surface area contributed by atoms with Crippen molar-refractivity contribution in [3.05, 3.63) is 23.8 Å². The van der Waals surface area contributed by atoms with Crippen molar-refractivity contribution in [1.82, 2.24) is 4.90 Å². The lowest BCUT2D eigenvalue weighted by molar-refractivity contribution is -0.147. The third-order valence-corrected chi connectivity index (χ3v) is 5.08. The average molecular weight is 363 g/mol. The van der Waals surface area contributed by atoms with Gasteiger partial charge >= 0.3 is 5.97 Å². The van der Waals surface area contributed by atoms with Crippen molar-refractivity contribution in [2.45, 2.75) is 39.5 Å². The van der Waals surface area contributed by atoms with Gasteiger partial charge in [0.2, 0.25) is 5.91 Å². The minimum Gasteiger partial charge on any atom is -0.504 e. The van der Waals surface area contributed by atoms with Gasteiger partial charge in [-0.05, 0) is 42.9 Å². The minimum absolute atomic E-state index is 0.0663. The van der Waals surface area contributed by atoms with E-state index < -0.39 is 0 Å². The van der Waals surface area contributed by atoms with Crippen LogP contribution in [0.4, 0.5) is 0 Å². The van der Waals surface area contributed by atoms with Crippen molar-refractivity contribution in [3.8, 4) is 11.5 Å². The largest absolute Gasteiger partial charge is 0.504 e. The van der Waals surface area contributed by atoms with Crippen LogP contribution in [0.25, 0.3) is 0 Å². The second kappa shape index (κ2) is 9.46. The summed E-state index contributed by atoms with van der Waals surface area (Å²) in [6.45, 7) is 5.56. The number of phenols is 1. The quantitative estimate of drug-likeness (QED) is 0.719. The minimum atomic E-state index is -0.214. The third kappa shape index (κ3) is 5.13. The maximum atomic E-state index is 12.5. The number of amides is 1. The van der Waals surface area contributed by atoms with Gasteiger partial charge in [0.05, 0.1) is 13.7 Å². The molecule has 26 heavy (non-hydrogen) atoms. The molecule has 2 rings (SSSR count). The Balaban J connectivity index is 1.95. The predicted octanol–water partition coefficient (Wildman–Crippen LogP) is 2.77. The lowest BCUT2D eigenvalue weighted by atomic mass is 9.81. The number of likely N-dealkylation sites (tertiary alicyclic amines) is 1. The molecule has 0 aliphatic carbocycles. The number of methoxy groups -OCH3 is 1.